The lowest BCUT2D eigenvalue weighted by Crippen LogP contribution is -2.44. The first-order valence-corrected chi connectivity index (χ1v) is 11.9. The number of hydrogen-bond acceptors (Lipinski definition) is 6. The van der Waals surface area contributed by atoms with Gasteiger partial charge in [0, 0.05) is 0 Å². The Morgan fingerprint density at radius 2 is 1.66 bits per heavy atom. The second kappa shape index (κ2) is 11.0. The molecule has 3 aromatic carbocycles. The summed E-state index contributed by atoms with van der Waals surface area (Å²) in [6.07, 6.45) is 1.08. The maximum absolute atomic E-state index is 13.2. The zero-order valence-electron chi connectivity index (χ0n) is 20.6. The summed E-state index contributed by atoms with van der Waals surface area (Å²) in [4.78, 5) is 51.1. The van der Waals surface area contributed by atoms with Crippen LogP contribution in [0.4, 0.5) is 4.79 Å². The maximum atomic E-state index is 13.2. The molecular weight excluding hydrogens is 486 g/mol. The van der Waals surface area contributed by atoms with E-state index >= 15 is 0 Å². The lowest BCUT2D eigenvalue weighted by Gasteiger charge is -2.23. The van der Waals surface area contributed by atoms with E-state index in [-0.39, 0.29) is 6.42 Å². The average Bonchev–Trinajstić information content (AvgIpc) is 3.13. The van der Waals surface area contributed by atoms with Crippen molar-refractivity contribution in [3.63, 3.8) is 0 Å². The van der Waals surface area contributed by atoms with Crippen LogP contribution in [-0.4, -0.2) is 46.6 Å². The van der Waals surface area contributed by atoms with Gasteiger partial charge in [0.25, 0.3) is 5.91 Å². The smallest absolute Gasteiger partial charge is 0.325 e. The van der Waals surface area contributed by atoms with E-state index in [2.05, 4.69) is 15.7 Å². The van der Waals surface area contributed by atoms with Crippen LogP contribution in [0, 0.1) is 0 Å². The molecule has 2 atom stereocenters. The predicted octanol–water partition coefficient (Wildman–Crippen LogP) is 2.75. The Kier molecular flexibility index (Phi) is 7.52. The first kappa shape index (κ1) is 26.1. The van der Waals surface area contributed by atoms with Gasteiger partial charge < -0.3 is 21.6 Å². The quantitative estimate of drug-likeness (QED) is 0.149. The van der Waals surface area contributed by atoms with Crippen LogP contribution >= 0.6 is 0 Å². The summed E-state index contributed by atoms with van der Waals surface area (Å²) in [5, 5.41) is 18.2. The van der Waals surface area contributed by atoms with Gasteiger partial charge in [-0.1, -0.05) is 78.9 Å². The van der Waals surface area contributed by atoms with E-state index in [4.69, 9.17) is 5.84 Å². The summed E-state index contributed by atoms with van der Waals surface area (Å²) in [5.74, 6) is 2.80. The summed E-state index contributed by atoms with van der Waals surface area (Å²) in [5.41, 5.74) is 2.40. The average molecular weight is 514 g/mol. The standard InChI is InChI=1S/C28H27N5O5/c1-28(22-13-7-18(8-14-22)16-30-29)26(37)33(27(38)32-28)17-24(34)31-23(15-25(35)36)21-11-9-20(10-12-21)19-5-3-2-4-6-19/h2-14,16,23H,15,17,29H2,1H3,(H,31,34)(H,32,38)(H,35,36). The molecular formula is C28H27N5O5. The van der Waals surface area contributed by atoms with Crippen molar-refractivity contribution in [3.05, 3.63) is 95.6 Å². The molecule has 194 valence electrons. The molecule has 5 N–H and O–H groups in total. The molecule has 0 aromatic heterocycles. The molecule has 10 nitrogen and oxygen atoms in total. The minimum Gasteiger partial charge on any atom is -0.481 e. The largest absolute Gasteiger partial charge is 0.481 e. The Morgan fingerprint density at radius 3 is 2.26 bits per heavy atom. The second-order valence-electron chi connectivity index (χ2n) is 9.05. The molecule has 1 aliphatic heterocycles. The molecule has 3 aromatic rings. The molecule has 1 aliphatic rings. The number of imide groups is 1. The summed E-state index contributed by atoms with van der Waals surface area (Å²) >= 11 is 0. The predicted molar refractivity (Wildman–Crippen MR) is 141 cm³/mol. The van der Waals surface area contributed by atoms with Crippen molar-refractivity contribution in [2.45, 2.75) is 24.9 Å². The number of nitrogens with one attached hydrogen (secondary N) is 2. The van der Waals surface area contributed by atoms with Crippen LogP contribution in [0.1, 0.15) is 36.1 Å². The van der Waals surface area contributed by atoms with Crippen molar-refractivity contribution < 1.29 is 24.3 Å². The minimum atomic E-state index is -1.37. The Balaban J connectivity index is 1.47. The first-order chi connectivity index (χ1) is 18.2. The second-order valence-corrected chi connectivity index (χ2v) is 9.05. The van der Waals surface area contributed by atoms with Crippen molar-refractivity contribution in [2.75, 3.05) is 6.54 Å². The SMILES string of the molecule is CC1(c2ccc(C=NN)cc2)NC(=O)N(CC(=O)NC(CC(=O)O)c2ccc(-c3ccccc3)cc2)C1=O. The van der Waals surface area contributed by atoms with Crippen molar-refractivity contribution in [2.24, 2.45) is 10.9 Å². The molecule has 1 saturated heterocycles. The number of urea groups is 1. The van der Waals surface area contributed by atoms with Gasteiger partial charge in [0.15, 0.2) is 0 Å². The van der Waals surface area contributed by atoms with Crippen LogP contribution < -0.4 is 16.5 Å². The van der Waals surface area contributed by atoms with Crippen LogP contribution in [0.15, 0.2) is 84.0 Å². The zero-order chi connectivity index (χ0) is 27.3. The number of rotatable bonds is 9. The number of benzene rings is 3. The normalized spacial score (nSPS) is 17.9. The molecule has 38 heavy (non-hydrogen) atoms. The number of hydrogen-bond donors (Lipinski definition) is 4. The molecule has 0 spiro atoms. The number of carbonyl (C=O) groups excluding carboxylic acids is 3. The highest BCUT2D eigenvalue weighted by molar-refractivity contribution is 6.09. The van der Waals surface area contributed by atoms with Gasteiger partial charge in [0.2, 0.25) is 5.91 Å². The fraction of sp³-hybridized carbons (Fsp3) is 0.179. The molecule has 0 aliphatic carbocycles. The lowest BCUT2D eigenvalue weighted by atomic mass is 9.91. The highest BCUT2D eigenvalue weighted by Gasteiger charge is 2.49. The number of aliphatic carboxylic acids is 1. The highest BCUT2D eigenvalue weighted by atomic mass is 16.4. The van der Waals surface area contributed by atoms with E-state index in [9.17, 15) is 24.3 Å². The van der Waals surface area contributed by atoms with Crippen molar-refractivity contribution in [1.82, 2.24) is 15.5 Å². The molecule has 1 heterocycles. The topological polar surface area (TPSA) is 154 Å². The molecule has 4 amide bonds. The maximum Gasteiger partial charge on any atom is 0.325 e. The summed E-state index contributed by atoms with van der Waals surface area (Å²) in [7, 11) is 0. The summed E-state index contributed by atoms with van der Waals surface area (Å²) in [6, 6.07) is 22.0. The summed E-state index contributed by atoms with van der Waals surface area (Å²) in [6.45, 7) is 0.995. The highest BCUT2D eigenvalue weighted by Crippen LogP contribution is 2.29. The van der Waals surface area contributed by atoms with Crippen molar-refractivity contribution in [3.8, 4) is 11.1 Å². The number of carbonyl (C=O) groups is 4. The molecule has 0 radical (unpaired) electrons. The molecule has 1 fully saturated rings. The number of amides is 4. The molecule has 0 saturated carbocycles. The Labute approximate surface area is 219 Å². The van der Waals surface area contributed by atoms with E-state index in [1.54, 1.807) is 43.3 Å². The number of carboxylic acid groups (broad SMARTS) is 1. The third-order valence-electron chi connectivity index (χ3n) is 6.42. The van der Waals surface area contributed by atoms with Crippen LogP contribution in [0.5, 0.6) is 0 Å². The van der Waals surface area contributed by atoms with Crippen molar-refractivity contribution >= 4 is 30.0 Å². The monoisotopic (exact) mass is 513 g/mol. The van der Waals surface area contributed by atoms with Crippen LogP contribution in [0.2, 0.25) is 0 Å². The molecule has 10 heteroatoms. The fourth-order valence-corrected chi connectivity index (χ4v) is 4.37. The van der Waals surface area contributed by atoms with Gasteiger partial charge in [-0.3, -0.25) is 19.3 Å². The third-order valence-corrected chi connectivity index (χ3v) is 6.42. The molecule has 0 bridgehead atoms. The van der Waals surface area contributed by atoms with Gasteiger partial charge >= 0.3 is 12.0 Å². The Hall–Kier alpha value is -4.99. The summed E-state index contributed by atoms with van der Waals surface area (Å²) < 4.78 is 0. The van der Waals surface area contributed by atoms with Gasteiger partial charge in [-0.15, -0.1) is 0 Å². The van der Waals surface area contributed by atoms with Gasteiger partial charge in [-0.25, -0.2) is 4.79 Å². The number of nitrogens with two attached hydrogens (primary N) is 1. The number of hydrazone groups is 1. The van der Waals surface area contributed by atoms with E-state index in [0.717, 1.165) is 16.0 Å². The van der Waals surface area contributed by atoms with Crippen LogP contribution in [-0.2, 0) is 19.9 Å². The van der Waals surface area contributed by atoms with Crippen molar-refractivity contribution in [1.29, 1.82) is 0 Å². The first-order valence-electron chi connectivity index (χ1n) is 11.9. The van der Waals surface area contributed by atoms with E-state index in [0.29, 0.717) is 16.7 Å². The molecule has 4 rings (SSSR count). The van der Waals surface area contributed by atoms with E-state index in [1.807, 2.05) is 42.5 Å². The lowest BCUT2D eigenvalue weighted by molar-refractivity contribution is -0.138. The fourth-order valence-electron chi connectivity index (χ4n) is 4.37. The van der Waals surface area contributed by atoms with E-state index in [1.165, 1.54) is 6.21 Å². The zero-order valence-corrected chi connectivity index (χ0v) is 20.6. The number of carboxylic acids is 1. The third kappa shape index (κ3) is 5.54. The van der Waals surface area contributed by atoms with Gasteiger partial charge in [-0.05, 0) is 34.7 Å². The van der Waals surface area contributed by atoms with Crippen LogP contribution in [0.25, 0.3) is 11.1 Å². The van der Waals surface area contributed by atoms with Gasteiger partial charge in [-0.2, -0.15) is 5.10 Å². The Morgan fingerprint density at radius 1 is 1.03 bits per heavy atom. The minimum absolute atomic E-state index is 0.368. The number of nitrogens with zero attached hydrogens (tertiary/aromatic N) is 2. The Bertz CT molecular complexity index is 1370. The van der Waals surface area contributed by atoms with E-state index < -0.39 is 41.9 Å². The van der Waals surface area contributed by atoms with Gasteiger partial charge in [0.05, 0.1) is 18.7 Å². The van der Waals surface area contributed by atoms with Gasteiger partial charge in [0.1, 0.15) is 12.1 Å². The molecule has 2 unspecified atom stereocenters. The van der Waals surface area contributed by atoms with Crippen LogP contribution in [0.3, 0.4) is 0 Å².